The van der Waals surface area contributed by atoms with Crippen LogP contribution >= 0.6 is 0 Å². The van der Waals surface area contributed by atoms with Gasteiger partial charge >= 0.3 is 6.92 Å². The maximum atomic E-state index is 6.39. The number of nitrogens with zero attached hydrogens (tertiary/aromatic N) is 3. The second-order valence-corrected chi connectivity index (χ2v) is 9.67. The molecule has 3 aromatic rings. The molecule has 3 heterocycles. The first-order valence-electron chi connectivity index (χ1n) is 10.7. The third-order valence-electron chi connectivity index (χ3n) is 6.87. The van der Waals surface area contributed by atoms with Gasteiger partial charge in [-0.1, -0.05) is 45.0 Å². The van der Waals surface area contributed by atoms with Gasteiger partial charge in [-0.2, -0.15) is 0 Å². The number of benzene rings is 1. The van der Waals surface area contributed by atoms with Crippen LogP contribution in [0.5, 0.6) is 0 Å². The Kier molecular flexibility index (Phi) is 4.85. The van der Waals surface area contributed by atoms with Crippen LogP contribution in [-0.4, -0.2) is 27.1 Å². The van der Waals surface area contributed by atoms with Crippen molar-refractivity contribution in [3.05, 3.63) is 53.0 Å². The molecule has 0 N–H and O–H groups in total. The minimum absolute atomic E-state index is 0.108. The van der Waals surface area contributed by atoms with E-state index in [4.69, 9.17) is 14.6 Å². The van der Waals surface area contributed by atoms with E-state index in [0.717, 1.165) is 42.0 Å². The highest BCUT2D eigenvalue weighted by Gasteiger charge is 2.49. The lowest BCUT2D eigenvalue weighted by Gasteiger charge is -2.34. The molecule has 1 aliphatic heterocycles. The summed E-state index contributed by atoms with van der Waals surface area (Å²) in [4.78, 5) is 9.66. The zero-order chi connectivity index (χ0) is 21.0. The summed E-state index contributed by atoms with van der Waals surface area (Å²) < 4.78 is 8.66. The lowest BCUT2D eigenvalue weighted by Crippen LogP contribution is -2.36. The van der Waals surface area contributed by atoms with Gasteiger partial charge in [-0.3, -0.25) is 0 Å². The predicted octanol–water partition coefficient (Wildman–Crippen LogP) is 4.69. The summed E-state index contributed by atoms with van der Waals surface area (Å²) in [6.07, 6.45) is 1.95. The van der Waals surface area contributed by atoms with Gasteiger partial charge < -0.3 is 9.22 Å². The molecule has 1 aromatic carbocycles. The van der Waals surface area contributed by atoms with Crippen LogP contribution in [0.25, 0.3) is 11.2 Å². The molecule has 0 bridgehead atoms. The highest BCUT2D eigenvalue weighted by molar-refractivity contribution is 6.68. The van der Waals surface area contributed by atoms with E-state index in [0.29, 0.717) is 0 Å². The van der Waals surface area contributed by atoms with Gasteiger partial charge in [0.15, 0.2) is 5.65 Å². The van der Waals surface area contributed by atoms with Crippen LogP contribution in [-0.2, 0) is 17.6 Å². The topological polar surface area (TPSA) is 39.9 Å². The fraction of sp³-hybridized carbons (Fsp3) is 0.500. The molecule has 1 saturated heterocycles. The van der Waals surface area contributed by atoms with Gasteiger partial charge in [0.25, 0.3) is 0 Å². The number of aryl methyl sites for hydroxylation is 3. The molecule has 1 aliphatic rings. The van der Waals surface area contributed by atoms with Crippen LogP contribution in [0.1, 0.15) is 57.3 Å². The zero-order valence-corrected chi connectivity index (χ0v) is 18.8. The molecule has 152 valence electrons. The van der Waals surface area contributed by atoms with E-state index in [1.165, 1.54) is 16.6 Å². The average Bonchev–Trinajstić information content (AvgIpc) is 3.09. The molecule has 0 atom stereocenters. The number of fused-ring (bicyclic) bond motifs is 1. The SMILES string of the molecule is CCc1nc2c(C)cc(C)nc2n1Cc1ccc(B2CC(C)(C)C(C)(C)O2)cc1. The van der Waals surface area contributed by atoms with Crippen molar-refractivity contribution in [1.82, 2.24) is 14.5 Å². The van der Waals surface area contributed by atoms with Gasteiger partial charge in [-0.05, 0) is 62.1 Å². The Bertz CT molecular complexity index is 1030. The molecule has 0 aliphatic carbocycles. The Hall–Kier alpha value is -2.14. The fourth-order valence-corrected chi connectivity index (χ4v) is 4.36. The molecule has 0 saturated carbocycles. The van der Waals surface area contributed by atoms with Gasteiger partial charge in [0.05, 0.1) is 12.1 Å². The smallest absolute Gasteiger partial charge is 0.327 e. The van der Waals surface area contributed by atoms with Crippen LogP contribution in [0.3, 0.4) is 0 Å². The molecule has 2 aromatic heterocycles. The molecule has 0 radical (unpaired) electrons. The highest BCUT2D eigenvalue weighted by atomic mass is 16.5. The van der Waals surface area contributed by atoms with Crippen molar-refractivity contribution in [3.8, 4) is 0 Å². The zero-order valence-electron chi connectivity index (χ0n) is 18.8. The van der Waals surface area contributed by atoms with Crippen LogP contribution < -0.4 is 5.46 Å². The van der Waals surface area contributed by atoms with Crippen molar-refractivity contribution in [2.75, 3.05) is 0 Å². The summed E-state index contributed by atoms with van der Waals surface area (Å²) in [6.45, 7) is 16.3. The van der Waals surface area contributed by atoms with Gasteiger partial charge in [0, 0.05) is 12.1 Å². The maximum absolute atomic E-state index is 6.39. The van der Waals surface area contributed by atoms with Gasteiger partial charge in [-0.25, -0.2) is 9.97 Å². The van der Waals surface area contributed by atoms with Gasteiger partial charge in [0.2, 0.25) is 0 Å². The van der Waals surface area contributed by atoms with E-state index in [1.54, 1.807) is 0 Å². The van der Waals surface area contributed by atoms with E-state index >= 15 is 0 Å². The Morgan fingerprint density at radius 1 is 1.07 bits per heavy atom. The Morgan fingerprint density at radius 3 is 2.34 bits per heavy atom. The third kappa shape index (κ3) is 3.50. The van der Waals surface area contributed by atoms with Crippen molar-refractivity contribution in [3.63, 3.8) is 0 Å². The summed E-state index contributed by atoms with van der Waals surface area (Å²) >= 11 is 0. The monoisotopic (exact) mass is 389 g/mol. The van der Waals surface area contributed by atoms with E-state index in [1.807, 2.05) is 0 Å². The molecule has 4 nitrogen and oxygen atoms in total. The third-order valence-corrected chi connectivity index (χ3v) is 6.87. The fourth-order valence-electron chi connectivity index (χ4n) is 4.36. The highest BCUT2D eigenvalue weighted by Crippen LogP contribution is 2.45. The number of hydrogen-bond donors (Lipinski definition) is 0. The number of hydrogen-bond acceptors (Lipinski definition) is 3. The normalized spacial score (nSPS) is 18.0. The first-order chi connectivity index (χ1) is 13.6. The van der Waals surface area contributed by atoms with Crippen molar-refractivity contribution >= 4 is 23.5 Å². The Balaban J connectivity index is 1.62. The van der Waals surface area contributed by atoms with E-state index in [-0.39, 0.29) is 17.9 Å². The van der Waals surface area contributed by atoms with Crippen molar-refractivity contribution < 1.29 is 4.65 Å². The average molecular weight is 389 g/mol. The Labute approximate surface area is 174 Å². The second-order valence-electron chi connectivity index (χ2n) is 9.67. The summed E-state index contributed by atoms with van der Waals surface area (Å²) in [6, 6.07) is 11.0. The molecule has 29 heavy (non-hydrogen) atoms. The first-order valence-corrected chi connectivity index (χ1v) is 10.7. The number of aromatic nitrogens is 3. The van der Waals surface area contributed by atoms with E-state index in [9.17, 15) is 0 Å². The molecule has 0 unspecified atom stereocenters. The minimum atomic E-state index is -0.108. The minimum Gasteiger partial charge on any atom is -0.426 e. The van der Waals surface area contributed by atoms with Crippen LogP contribution in [0.15, 0.2) is 30.3 Å². The van der Waals surface area contributed by atoms with E-state index < -0.39 is 0 Å². The molecule has 1 fully saturated rings. The molecule has 0 spiro atoms. The van der Waals surface area contributed by atoms with Gasteiger partial charge in [0.1, 0.15) is 11.3 Å². The summed E-state index contributed by atoms with van der Waals surface area (Å²) in [5.41, 5.74) is 6.84. The summed E-state index contributed by atoms with van der Waals surface area (Å²) in [5.74, 6) is 1.09. The molecule has 0 amide bonds. The number of rotatable bonds is 4. The molecule has 4 rings (SSSR count). The predicted molar refractivity (Wildman–Crippen MR) is 121 cm³/mol. The molecular weight excluding hydrogens is 357 g/mol. The van der Waals surface area contributed by atoms with E-state index in [2.05, 4.69) is 83.4 Å². The molecule has 5 heteroatoms. The quantitative estimate of drug-likeness (QED) is 0.608. The first kappa shape index (κ1) is 20.2. The Morgan fingerprint density at radius 2 is 1.76 bits per heavy atom. The van der Waals surface area contributed by atoms with Crippen molar-refractivity contribution in [2.24, 2.45) is 5.41 Å². The van der Waals surface area contributed by atoms with Crippen LogP contribution in [0.4, 0.5) is 0 Å². The lowest BCUT2D eigenvalue weighted by molar-refractivity contribution is 0.0375. The molecular formula is C24H32BN3O. The standard InChI is InChI=1S/C24H32BN3O/c1-8-20-27-21-16(2)13-17(3)26-22(21)28(20)14-18-9-11-19(12-10-18)25-15-23(4,5)24(6,7)29-25/h9-13H,8,14-15H2,1-7H3. The summed E-state index contributed by atoms with van der Waals surface area (Å²) in [7, 11) is 0. The van der Waals surface area contributed by atoms with Crippen LogP contribution in [0, 0.1) is 19.3 Å². The largest absolute Gasteiger partial charge is 0.426 e. The number of pyridine rings is 1. The number of imidazole rings is 1. The van der Waals surface area contributed by atoms with Gasteiger partial charge in [-0.15, -0.1) is 0 Å². The lowest BCUT2D eigenvalue weighted by atomic mass is 9.54. The second kappa shape index (κ2) is 6.98. The van der Waals surface area contributed by atoms with Crippen molar-refractivity contribution in [2.45, 2.75) is 73.4 Å². The van der Waals surface area contributed by atoms with Crippen molar-refractivity contribution in [1.29, 1.82) is 0 Å². The maximum Gasteiger partial charge on any atom is 0.327 e. The van der Waals surface area contributed by atoms with Crippen LogP contribution in [0.2, 0.25) is 6.32 Å². The summed E-state index contributed by atoms with van der Waals surface area (Å²) in [5, 5.41) is 0.